The number of carbonyl (C=O) groups excluding carboxylic acids is 1. The predicted octanol–water partition coefficient (Wildman–Crippen LogP) is 3.27. The van der Waals surface area contributed by atoms with E-state index in [4.69, 9.17) is 0 Å². The highest BCUT2D eigenvalue weighted by Crippen LogP contribution is 2.17. The maximum atomic E-state index is 12.2. The van der Waals surface area contributed by atoms with Crippen LogP contribution in [0, 0.1) is 0 Å². The van der Waals surface area contributed by atoms with Crippen LogP contribution in [0.15, 0.2) is 39.5 Å². The number of rotatable bonds is 7. The Kier molecular flexibility index (Phi) is 5.47. The quantitative estimate of drug-likeness (QED) is 0.654. The fourth-order valence-corrected chi connectivity index (χ4v) is 4.11. The van der Waals surface area contributed by atoms with Crippen molar-refractivity contribution in [1.29, 1.82) is 0 Å². The molecule has 0 fully saturated rings. The van der Waals surface area contributed by atoms with Gasteiger partial charge in [0.1, 0.15) is 5.82 Å². The first-order chi connectivity index (χ1) is 11.2. The Bertz CT molecular complexity index is 737. The van der Waals surface area contributed by atoms with Crippen molar-refractivity contribution in [2.75, 3.05) is 12.8 Å². The van der Waals surface area contributed by atoms with E-state index in [1.54, 1.807) is 27.6 Å². The van der Waals surface area contributed by atoms with Gasteiger partial charge in [-0.3, -0.25) is 9.89 Å². The van der Waals surface area contributed by atoms with Crippen LogP contribution in [-0.4, -0.2) is 38.8 Å². The van der Waals surface area contributed by atoms with Gasteiger partial charge in [0.15, 0.2) is 0 Å². The topological polar surface area (TPSA) is 61.9 Å². The monoisotopic (exact) mass is 364 g/mol. The second-order valence-electron chi connectivity index (χ2n) is 4.99. The van der Waals surface area contributed by atoms with Crippen LogP contribution >= 0.6 is 34.4 Å². The third-order valence-corrected chi connectivity index (χ3v) is 5.62. The fraction of sp³-hybridized carbons (Fsp3) is 0.267. The molecule has 0 bridgehead atoms. The molecule has 0 saturated heterocycles. The van der Waals surface area contributed by atoms with Gasteiger partial charge in [-0.25, -0.2) is 4.98 Å². The Morgan fingerprint density at radius 2 is 2.30 bits per heavy atom. The highest BCUT2D eigenvalue weighted by Gasteiger charge is 2.12. The molecule has 120 valence electrons. The molecular formula is C15H16N4OS3. The average molecular weight is 365 g/mol. The Labute approximate surface area is 146 Å². The molecule has 0 aliphatic rings. The van der Waals surface area contributed by atoms with Gasteiger partial charge in [0.25, 0.3) is 0 Å². The van der Waals surface area contributed by atoms with Crippen molar-refractivity contribution in [3.8, 4) is 0 Å². The minimum absolute atomic E-state index is 0.0748. The zero-order valence-electron chi connectivity index (χ0n) is 12.6. The summed E-state index contributed by atoms with van der Waals surface area (Å²) in [7, 11) is 1.82. The lowest BCUT2D eigenvalue weighted by Gasteiger charge is -2.15. The van der Waals surface area contributed by atoms with Crippen molar-refractivity contribution in [3.05, 3.63) is 50.6 Å². The standard InChI is InChI=1S/C15H16N4OS3/c1-19(8-11-4-6-21-9-11)14(20)10-23-15-16-13(17-18-15)7-12-3-2-5-22-12/h2-6,9H,7-8,10H2,1H3,(H,16,17,18). The normalized spacial score (nSPS) is 10.8. The molecule has 3 rings (SSSR count). The van der Waals surface area contributed by atoms with Crippen LogP contribution in [-0.2, 0) is 17.8 Å². The first kappa shape index (κ1) is 16.2. The summed E-state index contributed by atoms with van der Waals surface area (Å²) >= 11 is 4.70. The van der Waals surface area contributed by atoms with Gasteiger partial charge in [0.2, 0.25) is 11.1 Å². The summed E-state index contributed by atoms with van der Waals surface area (Å²) in [5, 5.41) is 13.8. The van der Waals surface area contributed by atoms with Gasteiger partial charge >= 0.3 is 0 Å². The second kappa shape index (κ2) is 7.76. The minimum Gasteiger partial charge on any atom is -0.341 e. The average Bonchev–Trinajstić information content (AvgIpc) is 3.28. The summed E-state index contributed by atoms with van der Waals surface area (Å²) in [6, 6.07) is 6.13. The molecule has 0 aliphatic heterocycles. The van der Waals surface area contributed by atoms with E-state index in [1.807, 2.05) is 29.9 Å². The summed E-state index contributed by atoms with van der Waals surface area (Å²) in [5.74, 6) is 1.25. The van der Waals surface area contributed by atoms with E-state index in [0.717, 1.165) is 17.8 Å². The zero-order chi connectivity index (χ0) is 16.1. The number of nitrogens with zero attached hydrogens (tertiary/aromatic N) is 3. The lowest BCUT2D eigenvalue weighted by Crippen LogP contribution is -2.27. The molecule has 3 heterocycles. The number of thioether (sulfide) groups is 1. The zero-order valence-corrected chi connectivity index (χ0v) is 15.0. The summed E-state index contributed by atoms with van der Waals surface area (Å²) in [6.45, 7) is 0.639. The molecule has 8 heteroatoms. The SMILES string of the molecule is CN(Cc1ccsc1)C(=O)CSc1n[nH]c(Cc2cccs2)n1. The second-order valence-corrected chi connectivity index (χ2v) is 7.75. The van der Waals surface area contributed by atoms with Gasteiger partial charge < -0.3 is 4.90 Å². The van der Waals surface area contributed by atoms with Crippen molar-refractivity contribution in [3.63, 3.8) is 0 Å². The number of aromatic amines is 1. The van der Waals surface area contributed by atoms with Gasteiger partial charge in [0, 0.05) is 24.9 Å². The van der Waals surface area contributed by atoms with Gasteiger partial charge in [-0.15, -0.1) is 16.4 Å². The van der Waals surface area contributed by atoms with E-state index >= 15 is 0 Å². The largest absolute Gasteiger partial charge is 0.341 e. The van der Waals surface area contributed by atoms with Crippen molar-refractivity contribution in [2.24, 2.45) is 0 Å². The van der Waals surface area contributed by atoms with Crippen LogP contribution < -0.4 is 0 Å². The Morgan fingerprint density at radius 3 is 3.04 bits per heavy atom. The Hall–Kier alpha value is -1.64. The van der Waals surface area contributed by atoms with E-state index in [0.29, 0.717) is 17.5 Å². The van der Waals surface area contributed by atoms with Crippen molar-refractivity contribution in [2.45, 2.75) is 18.1 Å². The first-order valence-electron chi connectivity index (χ1n) is 7.02. The fourth-order valence-electron chi connectivity index (χ4n) is 1.98. The van der Waals surface area contributed by atoms with E-state index in [-0.39, 0.29) is 5.91 Å². The molecule has 3 aromatic heterocycles. The van der Waals surface area contributed by atoms with Gasteiger partial charge in [-0.1, -0.05) is 17.8 Å². The third kappa shape index (κ3) is 4.66. The van der Waals surface area contributed by atoms with E-state index in [1.165, 1.54) is 16.6 Å². The summed E-state index contributed by atoms with van der Waals surface area (Å²) in [5.41, 5.74) is 1.16. The summed E-state index contributed by atoms with van der Waals surface area (Å²) in [4.78, 5) is 19.5. The lowest BCUT2D eigenvalue weighted by atomic mass is 10.3. The predicted molar refractivity (Wildman–Crippen MR) is 95.0 cm³/mol. The molecule has 0 unspecified atom stereocenters. The van der Waals surface area contributed by atoms with Gasteiger partial charge in [-0.05, 0) is 33.8 Å². The maximum absolute atomic E-state index is 12.2. The smallest absolute Gasteiger partial charge is 0.233 e. The lowest BCUT2D eigenvalue weighted by molar-refractivity contribution is -0.127. The minimum atomic E-state index is 0.0748. The van der Waals surface area contributed by atoms with E-state index < -0.39 is 0 Å². The molecule has 0 saturated carbocycles. The van der Waals surface area contributed by atoms with Crippen molar-refractivity contribution >= 4 is 40.3 Å². The Morgan fingerprint density at radius 1 is 1.39 bits per heavy atom. The highest BCUT2D eigenvalue weighted by atomic mass is 32.2. The molecule has 0 spiro atoms. The van der Waals surface area contributed by atoms with Crippen LogP contribution in [0.4, 0.5) is 0 Å². The summed E-state index contributed by atoms with van der Waals surface area (Å²) < 4.78 is 0. The Balaban J connectivity index is 1.48. The molecule has 3 aromatic rings. The van der Waals surface area contributed by atoms with Crippen LogP contribution in [0.1, 0.15) is 16.3 Å². The molecular weight excluding hydrogens is 348 g/mol. The van der Waals surface area contributed by atoms with Crippen LogP contribution in [0.25, 0.3) is 0 Å². The molecule has 0 aromatic carbocycles. The first-order valence-corrected chi connectivity index (χ1v) is 9.83. The molecule has 23 heavy (non-hydrogen) atoms. The number of carbonyl (C=O) groups is 1. The number of nitrogens with one attached hydrogen (secondary N) is 1. The highest BCUT2D eigenvalue weighted by molar-refractivity contribution is 7.99. The van der Waals surface area contributed by atoms with Crippen LogP contribution in [0.3, 0.4) is 0 Å². The summed E-state index contributed by atoms with van der Waals surface area (Å²) in [6.07, 6.45) is 0.747. The van der Waals surface area contributed by atoms with Crippen molar-refractivity contribution < 1.29 is 4.79 Å². The van der Waals surface area contributed by atoms with Gasteiger partial charge in [-0.2, -0.15) is 11.3 Å². The van der Waals surface area contributed by atoms with Crippen molar-refractivity contribution in [1.82, 2.24) is 20.1 Å². The number of thiophene rings is 2. The third-order valence-electron chi connectivity index (χ3n) is 3.18. The van der Waals surface area contributed by atoms with E-state index in [2.05, 4.69) is 26.6 Å². The number of hydrogen-bond acceptors (Lipinski definition) is 6. The number of aromatic nitrogens is 3. The van der Waals surface area contributed by atoms with Crippen LogP contribution in [0.5, 0.6) is 0 Å². The van der Waals surface area contributed by atoms with Gasteiger partial charge in [0.05, 0.1) is 5.75 Å². The molecule has 5 nitrogen and oxygen atoms in total. The molecule has 1 N–H and O–H groups in total. The van der Waals surface area contributed by atoms with E-state index in [9.17, 15) is 4.79 Å². The number of H-pyrrole nitrogens is 1. The van der Waals surface area contributed by atoms with Crippen LogP contribution in [0.2, 0.25) is 0 Å². The molecule has 0 aliphatic carbocycles. The molecule has 1 amide bonds. The molecule has 0 radical (unpaired) electrons. The number of amides is 1. The molecule has 0 atom stereocenters. The number of hydrogen-bond donors (Lipinski definition) is 1. The maximum Gasteiger partial charge on any atom is 0.233 e.